The zero-order valence-electron chi connectivity index (χ0n) is 27.6. The molecule has 52 heavy (non-hydrogen) atoms. The van der Waals surface area contributed by atoms with E-state index in [1.165, 1.54) is 29.2 Å². The summed E-state index contributed by atoms with van der Waals surface area (Å²) in [5.41, 5.74) is -2.29. The number of carbonyl (C=O) groups is 2. The molecule has 0 bridgehead atoms. The van der Waals surface area contributed by atoms with Crippen LogP contribution in [0.4, 0.5) is 26.3 Å². The highest BCUT2D eigenvalue weighted by molar-refractivity contribution is 8.26. The SMILES string of the molecule is O=C(O)Cc1cccc(OCCCN2C(=O)/C(=C/c3cc(-c4cc(C(F)(F)F)cc(C(F)(F)F)c4)ccc3OCCCN3CCOCC3)SC2=S)c1. The molecule has 278 valence electrons. The third kappa shape index (κ3) is 10.7. The second kappa shape index (κ2) is 17.1. The van der Waals surface area contributed by atoms with Gasteiger partial charge in [0, 0.05) is 31.7 Å². The lowest BCUT2D eigenvalue weighted by Gasteiger charge is -2.26. The zero-order chi connectivity index (χ0) is 37.5. The standard InChI is InChI=1S/C36H34F6N2O6S2/c37-35(38,39)27-19-25(20-28(22-27)36(40,41)42)24-6-7-30(50-13-2-8-43-10-14-48-15-11-43)26(18-24)21-31-33(47)44(34(51)52-31)9-3-12-49-29-5-1-4-23(16-29)17-32(45)46/h1,4-7,16,18-22H,2-3,8-15,17H2,(H,45,46)/b31-21-. The number of aliphatic carboxylic acids is 1. The Labute approximate surface area is 305 Å². The van der Waals surface area contributed by atoms with Gasteiger partial charge < -0.3 is 19.3 Å². The summed E-state index contributed by atoms with van der Waals surface area (Å²) in [6, 6.07) is 12.3. The van der Waals surface area contributed by atoms with E-state index in [2.05, 4.69) is 4.90 Å². The fourth-order valence-corrected chi connectivity index (χ4v) is 6.85. The molecule has 1 N–H and O–H groups in total. The fraction of sp³-hybridized carbons (Fsp3) is 0.361. The van der Waals surface area contributed by atoms with Crippen LogP contribution in [0.15, 0.2) is 65.6 Å². The quantitative estimate of drug-likeness (QED) is 0.0765. The topological polar surface area (TPSA) is 88.5 Å². The van der Waals surface area contributed by atoms with E-state index in [4.69, 9.17) is 31.5 Å². The smallest absolute Gasteiger partial charge is 0.416 e. The summed E-state index contributed by atoms with van der Waals surface area (Å²) in [5.74, 6) is -0.636. The normalized spacial score (nSPS) is 16.5. The molecule has 0 unspecified atom stereocenters. The van der Waals surface area contributed by atoms with Gasteiger partial charge in [-0.05, 0) is 78.1 Å². The first-order valence-corrected chi connectivity index (χ1v) is 17.5. The Morgan fingerprint density at radius 2 is 1.56 bits per heavy atom. The minimum atomic E-state index is -5.02. The molecule has 3 aromatic carbocycles. The van der Waals surface area contributed by atoms with Crippen LogP contribution in [0.5, 0.6) is 11.5 Å². The first-order chi connectivity index (χ1) is 24.7. The molecule has 1 amide bonds. The number of morpholine rings is 1. The van der Waals surface area contributed by atoms with Gasteiger partial charge >= 0.3 is 18.3 Å². The molecule has 0 saturated carbocycles. The summed E-state index contributed by atoms with van der Waals surface area (Å²) in [6.45, 7) is 4.23. The Hall–Kier alpha value is -4.12. The zero-order valence-corrected chi connectivity index (χ0v) is 29.2. The average molecular weight is 769 g/mol. The van der Waals surface area contributed by atoms with E-state index in [-0.39, 0.29) is 63.9 Å². The van der Waals surface area contributed by atoms with Crippen molar-refractivity contribution in [1.29, 1.82) is 0 Å². The molecular formula is C36H34F6N2O6S2. The van der Waals surface area contributed by atoms with Crippen LogP contribution in [-0.2, 0) is 33.1 Å². The molecule has 0 aliphatic carbocycles. The lowest BCUT2D eigenvalue weighted by molar-refractivity contribution is -0.143. The average Bonchev–Trinajstić information content (AvgIpc) is 3.35. The van der Waals surface area contributed by atoms with Gasteiger partial charge in [0.2, 0.25) is 0 Å². The van der Waals surface area contributed by atoms with Crippen LogP contribution in [0, 0.1) is 0 Å². The number of hydrogen-bond donors (Lipinski definition) is 1. The summed E-state index contributed by atoms with van der Waals surface area (Å²) in [5, 5.41) is 9.02. The van der Waals surface area contributed by atoms with Crippen LogP contribution in [-0.4, -0.2) is 83.7 Å². The van der Waals surface area contributed by atoms with Crippen molar-refractivity contribution in [2.75, 3.05) is 52.6 Å². The van der Waals surface area contributed by atoms with Crippen molar-refractivity contribution < 1.29 is 55.2 Å². The number of nitrogens with zero attached hydrogens (tertiary/aromatic N) is 2. The third-order valence-electron chi connectivity index (χ3n) is 8.12. The van der Waals surface area contributed by atoms with E-state index in [9.17, 15) is 35.9 Å². The van der Waals surface area contributed by atoms with Crippen LogP contribution in [0.1, 0.15) is 35.1 Å². The van der Waals surface area contributed by atoms with Gasteiger partial charge in [0.15, 0.2) is 0 Å². The van der Waals surface area contributed by atoms with Gasteiger partial charge in [0.05, 0.1) is 48.9 Å². The molecule has 0 aromatic heterocycles. The predicted octanol–water partition coefficient (Wildman–Crippen LogP) is 7.79. The number of amides is 1. The van der Waals surface area contributed by atoms with Gasteiger partial charge in [-0.3, -0.25) is 19.4 Å². The van der Waals surface area contributed by atoms with E-state index >= 15 is 0 Å². The van der Waals surface area contributed by atoms with Crippen LogP contribution >= 0.6 is 24.0 Å². The maximum Gasteiger partial charge on any atom is 0.416 e. The Morgan fingerprint density at radius 3 is 2.23 bits per heavy atom. The van der Waals surface area contributed by atoms with Gasteiger partial charge in [-0.15, -0.1) is 0 Å². The molecule has 8 nitrogen and oxygen atoms in total. The van der Waals surface area contributed by atoms with E-state index in [1.807, 2.05) is 0 Å². The van der Waals surface area contributed by atoms with Crippen LogP contribution in [0.2, 0.25) is 0 Å². The number of ether oxygens (including phenoxy) is 3. The number of carbonyl (C=O) groups excluding carboxylic acids is 1. The van der Waals surface area contributed by atoms with Crippen molar-refractivity contribution in [2.45, 2.75) is 31.6 Å². The Morgan fingerprint density at radius 1 is 0.885 bits per heavy atom. The first kappa shape index (κ1) is 39.1. The number of hydrogen-bond acceptors (Lipinski definition) is 8. The number of alkyl halides is 6. The minimum Gasteiger partial charge on any atom is -0.494 e. The van der Waals surface area contributed by atoms with Gasteiger partial charge in [-0.25, -0.2) is 0 Å². The molecule has 3 aromatic rings. The van der Waals surface area contributed by atoms with Crippen LogP contribution < -0.4 is 9.47 Å². The largest absolute Gasteiger partial charge is 0.494 e. The maximum atomic E-state index is 13.7. The molecule has 0 atom stereocenters. The number of rotatable bonds is 14. The second-order valence-electron chi connectivity index (χ2n) is 12.0. The van der Waals surface area contributed by atoms with Crippen molar-refractivity contribution in [3.8, 4) is 22.6 Å². The lowest BCUT2D eigenvalue weighted by Crippen LogP contribution is -2.37. The van der Waals surface area contributed by atoms with E-state index in [0.717, 1.165) is 31.4 Å². The fourth-order valence-electron chi connectivity index (χ4n) is 5.56. The first-order valence-electron chi connectivity index (χ1n) is 16.2. The van der Waals surface area contributed by atoms with Gasteiger partial charge in [-0.1, -0.05) is 42.2 Å². The highest BCUT2D eigenvalue weighted by Gasteiger charge is 2.37. The Balaban J connectivity index is 1.35. The molecule has 0 spiro atoms. The van der Waals surface area contributed by atoms with Crippen molar-refractivity contribution in [1.82, 2.24) is 9.80 Å². The highest BCUT2D eigenvalue weighted by Crippen LogP contribution is 2.40. The van der Waals surface area contributed by atoms with E-state index in [1.54, 1.807) is 24.3 Å². The van der Waals surface area contributed by atoms with Crippen molar-refractivity contribution in [3.05, 3.63) is 87.8 Å². The van der Waals surface area contributed by atoms with Gasteiger partial charge in [-0.2, -0.15) is 26.3 Å². The molecule has 2 heterocycles. The number of halogens is 6. The number of carboxylic acid groups (broad SMARTS) is 1. The lowest BCUT2D eigenvalue weighted by atomic mass is 9.97. The molecule has 2 saturated heterocycles. The molecule has 2 aliphatic heterocycles. The van der Waals surface area contributed by atoms with Crippen molar-refractivity contribution >= 4 is 46.3 Å². The summed E-state index contributed by atoms with van der Waals surface area (Å²) in [7, 11) is 0. The minimum absolute atomic E-state index is 0.0589. The number of thioether (sulfide) groups is 1. The number of carboxylic acids is 1. The predicted molar refractivity (Wildman–Crippen MR) is 187 cm³/mol. The molecule has 2 fully saturated rings. The number of thiocarbonyl (C=S) groups is 1. The summed E-state index contributed by atoms with van der Waals surface area (Å²) < 4.78 is 99.3. The molecule has 16 heteroatoms. The van der Waals surface area contributed by atoms with E-state index in [0.29, 0.717) is 49.5 Å². The number of benzene rings is 3. The van der Waals surface area contributed by atoms with Crippen LogP contribution in [0.3, 0.4) is 0 Å². The van der Waals surface area contributed by atoms with Crippen LogP contribution in [0.25, 0.3) is 17.2 Å². The molecular weight excluding hydrogens is 735 g/mol. The summed E-state index contributed by atoms with van der Waals surface area (Å²) in [4.78, 5) is 28.3. The van der Waals surface area contributed by atoms with Crippen molar-refractivity contribution in [3.63, 3.8) is 0 Å². The van der Waals surface area contributed by atoms with Crippen molar-refractivity contribution in [2.24, 2.45) is 0 Å². The highest BCUT2D eigenvalue weighted by atomic mass is 32.2. The second-order valence-corrected chi connectivity index (χ2v) is 13.6. The molecule has 0 radical (unpaired) electrons. The Bertz CT molecular complexity index is 1780. The Kier molecular flexibility index (Phi) is 12.9. The van der Waals surface area contributed by atoms with E-state index < -0.39 is 35.4 Å². The van der Waals surface area contributed by atoms with Gasteiger partial charge in [0.25, 0.3) is 5.91 Å². The molecule has 5 rings (SSSR count). The molecule has 2 aliphatic rings. The van der Waals surface area contributed by atoms with Gasteiger partial charge in [0.1, 0.15) is 15.8 Å². The summed E-state index contributed by atoms with van der Waals surface area (Å²) >= 11 is 6.47. The third-order valence-corrected chi connectivity index (χ3v) is 9.50. The maximum absolute atomic E-state index is 13.7. The monoisotopic (exact) mass is 768 g/mol. The summed E-state index contributed by atoms with van der Waals surface area (Å²) in [6.07, 6.45) is -7.70.